The highest BCUT2D eigenvalue weighted by molar-refractivity contribution is 7.17. The standard InChI is InChI=1S/C33H41N3O4S/c1-33(2)22-31(37)36(23-40-32(38)24-7-5-8-24)29-21-25(11-12-27(29)33)39-19-4-3-14-34-15-17-35(18-16-34)28-9-6-10-30-26(28)13-20-41-30/h6,9-13,20-21,24H,3-5,7-8,14-19,22-23H2,1-2H3. The van der Waals surface area contributed by atoms with Crippen molar-refractivity contribution in [3.63, 3.8) is 0 Å². The molecule has 6 rings (SSSR count). The molecule has 0 bridgehead atoms. The Hall–Kier alpha value is -3.10. The van der Waals surface area contributed by atoms with E-state index >= 15 is 0 Å². The van der Waals surface area contributed by atoms with Crippen molar-refractivity contribution in [1.29, 1.82) is 0 Å². The summed E-state index contributed by atoms with van der Waals surface area (Å²) in [6.07, 6.45) is 5.29. The lowest BCUT2D eigenvalue weighted by molar-refractivity contribution is -0.151. The summed E-state index contributed by atoms with van der Waals surface area (Å²) in [5, 5.41) is 3.55. The Morgan fingerprint density at radius 3 is 2.63 bits per heavy atom. The maximum atomic E-state index is 13.0. The van der Waals surface area contributed by atoms with Gasteiger partial charge in [-0.3, -0.25) is 19.4 Å². The number of fused-ring (bicyclic) bond motifs is 2. The first-order chi connectivity index (χ1) is 19.9. The molecule has 2 aliphatic heterocycles. The second-order valence-corrected chi connectivity index (χ2v) is 13.2. The van der Waals surface area contributed by atoms with Gasteiger partial charge in [0.05, 0.1) is 18.2 Å². The molecule has 1 saturated carbocycles. The molecule has 1 amide bonds. The van der Waals surface area contributed by atoms with Crippen LogP contribution in [0.3, 0.4) is 0 Å². The summed E-state index contributed by atoms with van der Waals surface area (Å²) in [6, 6.07) is 14.9. The Kier molecular flexibility index (Phi) is 8.22. The SMILES string of the molecule is CC1(C)CC(=O)N(COC(=O)C2CCC2)c2cc(OCCCCN3CCN(c4cccc5sccc45)CC3)ccc21. The van der Waals surface area contributed by atoms with E-state index in [1.165, 1.54) is 15.8 Å². The van der Waals surface area contributed by atoms with Gasteiger partial charge in [-0.1, -0.05) is 32.4 Å². The van der Waals surface area contributed by atoms with Crippen molar-refractivity contribution in [2.75, 3.05) is 55.9 Å². The topological polar surface area (TPSA) is 62.3 Å². The summed E-state index contributed by atoms with van der Waals surface area (Å²) in [6.45, 7) is 10.1. The van der Waals surface area contributed by atoms with Gasteiger partial charge in [0.2, 0.25) is 5.91 Å². The van der Waals surface area contributed by atoms with Crippen LogP contribution in [0.5, 0.6) is 5.75 Å². The lowest BCUT2D eigenvalue weighted by Crippen LogP contribution is -2.46. The number of anilines is 2. The van der Waals surface area contributed by atoms with Crippen molar-refractivity contribution >= 4 is 44.7 Å². The van der Waals surface area contributed by atoms with Crippen LogP contribution in [-0.2, 0) is 19.7 Å². The summed E-state index contributed by atoms with van der Waals surface area (Å²) in [5.74, 6) is 0.531. The van der Waals surface area contributed by atoms with Crippen LogP contribution in [0.4, 0.5) is 11.4 Å². The Balaban J connectivity index is 0.978. The number of unbranched alkanes of at least 4 members (excludes halogenated alkanes) is 1. The molecule has 0 N–H and O–H groups in total. The van der Waals surface area contributed by atoms with Crippen LogP contribution in [0.25, 0.3) is 10.1 Å². The number of hydrogen-bond acceptors (Lipinski definition) is 7. The summed E-state index contributed by atoms with van der Waals surface area (Å²) >= 11 is 1.81. The molecule has 3 heterocycles. The highest BCUT2D eigenvalue weighted by Gasteiger charge is 2.38. The zero-order valence-corrected chi connectivity index (χ0v) is 25.1. The predicted molar refractivity (Wildman–Crippen MR) is 165 cm³/mol. The second kappa shape index (κ2) is 12.0. The molecule has 7 nitrogen and oxygen atoms in total. The van der Waals surface area contributed by atoms with Gasteiger partial charge >= 0.3 is 5.97 Å². The Labute approximate surface area is 247 Å². The van der Waals surface area contributed by atoms with E-state index < -0.39 is 0 Å². The molecule has 1 aliphatic carbocycles. The van der Waals surface area contributed by atoms with Gasteiger partial charge in [0.15, 0.2) is 6.73 Å². The molecule has 2 aromatic carbocycles. The normalized spacial score (nSPS) is 19.2. The fraction of sp³-hybridized carbons (Fsp3) is 0.515. The third-order valence-corrected chi connectivity index (χ3v) is 9.86. The number of benzene rings is 2. The fourth-order valence-corrected chi connectivity index (χ4v) is 7.03. The van der Waals surface area contributed by atoms with Gasteiger partial charge in [-0.25, -0.2) is 0 Å². The molecular weight excluding hydrogens is 534 g/mol. The van der Waals surface area contributed by atoms with E-state index in [1.807, 2.05) is 23.5 Å². The van der Waals surface area contributed by atoms with Crippen molar-refractivity contribution < 1.29 is 19.1 Å². The van der Waals surface area contributed by atoms with E-state index in [0.717, 1.165) is 81.8 Å². The molecule has 1 aromatic heterocycles. The maximum absolute atomic E-state index is 13.0. The van der Waals surface area contributed by atoms with E-state index in [9.17, 15) is 9.59 Å². The monoisotopic (exact) mass is 575 g/mol. The minimum Gasteiger partial charge on any atom is -0.494 e. The Morgan fingerprint density at radius 1 is 1.02 bits per heavy atom. The number of thiophene rings is 1. The van der Waals surface area contributed by atoms with Crippen LogP contribution >= 0.6 is 11.3 Å². The quantitative estimate of drug-likeness (QED) is 0.212. The number of nitrogens with zero attached hydrogens (tertiary/aromatic N) is 3. The molecule has 0 atom stereocenters. The van der Waals surface area contributed by atoms with Crippen LogP contribution in [0.2, 0.25) is 0 Å². The van der Waals surface area contributed by atoms with E-state index in [0.29, 0.717) is 13.0 Å². The highest BCUT2D eigenvalue weighted by atomic mass is 32.1. The molecule has 41 heavy (non-hydrogen) atoms. The fourth-order valence-electron chi connectivity index (χ4n) is 6.23. The lowest BCUT2D eigenvalue weighted by Gasteiger charge is -2.38. The molecule has 0 spiro atoms. The molecule has 0 unspecified atom stereocenters. The zero-order chi connectivity index (χ0) is 28.4. The number of hydrogen-bond donors (Lipinski definition) is 0. The molecule has 0 radical (unpaired) electrons. The third-order valence-electron chi connectivity index (χ3n) is 8.98. The molecule has 218 valence electrons. The molecule has 2 fully saturated rings. The van der Waals surface area contributed by atoms with Crippen LogP contribution < -0.4 is 14.5 Å². The number of amides is 1. The second-order valence-electron chi connectivity index (χ2n) is 12.3. The minimum atomic E-state index is -0.278. The molecular formula is C33H41N3O4S. The smallest absolute Gasteiger partial charge is 0.310 e. The summed E-state index contributed by atoms with van der Waals surface area (Å²) < 4.78 is 13.1. The predicted octanol–water partition coefficient (Wildman–Crippen LogP) is 6.20. The third kappa shape index (κ3) is 6.09. The average molecular weight is 576 g/mol. The van der Waals surface area contributed by atoms with Gasteiger partial charge in [0, 0.05) is 59.9 Å². The first-order valence-electron chi connectivity index (χ1n) is 15.1. The van der Waals surface area contributed by atoms with Gasteiger partial charge in [-0.05, 0) is 67.4 Å². The first kappa shape index (κ1) is 28.0. The van der Waals surface area contributed by atoms with Crippen molar-refractivity contribution in [1.82, 2.24) is 4.90 Å². The van der Waals surface area contributed by atoms with E-state index in [2.05, 4.69) is 59.4 Å². The number of esters is 1. The van der Waals surface area contributed by atoms with Gasteiger partial charge < -0.3 is 14.4 Å². The number of piperazine rings is 1. The average Bonchev–Trinajstić information content (AvgIpc) is 3.41. The van der Waals surface area contributed by atoms with Crippen LogP contribution in [-0.4, -0.2) is 62.8 Å². The maximum Gasteiger partial charge on any atom is 0.310 e. The summed E-state index contributed by atoms with van der Waals surface area (Å²) in [4.78, 5) is 32.0. The molecule has 8 heteroatoms. The Morgan fingerprint density at radius 2 is 1.85 bits per heavy atom. The van der Waals surface area contributed by atoms with Crippen LogP contribution in [0.15, 0.2) is 47.8 Å². The summed E-state index contributed by atoms with van der Waals surface area (Å²) in [5.41, 5.74) is 2.96. The minimum absolute atomic E-state index is 0.00885. The number of carbonyl (C=O) groups excluding carboxylic acids is 2. The Bertz CT molecular complexity index is 1390. The van der Waals surface area contributed by atoms with Crippen LogP contribution in [0, 0.1) is 5.92 Å². The number of carbonyl (C=O) groups is 2. The number of ether oxygens (including phenoxy) is 2. The zero-order valence-electron chi connectivity index (χ0n) is 24.3. The lowest BCUT2D eigenvalue weighted by atomic mass is 9.77. The number of rotatable bonds is 10. The largest absolute Gasteiger partial charge is 0.494 e. The van der Waals surface area contributed by atoms with E-state index in [-0.39, 0.29) is 29.9 Å². The molecule has 3 aromatic rings. The van der Waals surface area contributed by atoms with Crippen LogP contribution in [0.1, 0.15) is 57.9 Å². The van der Waals surface area contributed by atoms with Gasteiger partial charge in [0.1, 0.15) is 5.75 Å². The highest BCUT2D eigenvalue weighted by Crippen LogP contribution is 2.42. The van der Waals surface area contributed by atoms with E-state index in [1.54, 1.807) is 4.90 Å². The molecule has 1 saturated heterocycles. The summed E-state index contributed by atoms with van der Waals surface area (Å²) in [7, 11) is 0. The first-order valence-corrected chi connectivity index (χ1v) is 15.9. The van der Waals surface area contributed by atoms with Gasteiger partial charge in [-0.15, -0.1) is 11.3 Å². The van der Waals surface area contributed by atoms with Gasteiger partial charge in [0.25, 0.3) is 0 Å². The van der Waals surface area contributed by atoms with Crippen molar-refractivity contribution in [3.8, 4) is 5.75 Å². The van der Waals surface area contributed by atoms with Crippen molar-refractivity contribution in [2.24, 2.45) is 5.92 Å². The van der Waals surface area contributed by atoms with E-state index in [4.69, 9.17) is 9.47 Å². The van der Waals surface area contributed by atoms with Gasteiger partial charge in [-0.2, -0.15) is 0 Å². The van der Waals surface area contributed by atoms with Crippen molar-refractivity contribution in [2.45, 2.75) is 57.8 Å². The molecule has 3 aliphatic rings. The van der Waals surface area contributed by atoms with Crippen molar-refractivity contribution in [3.05, 3.63) is 53.4 Å².